The highest BCUT2D eigenvalue weighted by Crippen LogP contribution is 2.13. The van der Waals surface area contributed by atoms with E-state index in [-0.39, 0.29) is 24.3 Å². The first-order valence-corrected chi connectivity index (χ1v) is 6.67. The number of amides is 2. The van der Waals surface area contributed by atoms with E-state index in [0.717, 1.165) is 25.9 Å². The number of rotatable bonds is 3. The van der Waals surface area contributed by atoms with Crippen LogP contribution in [0, 0.1) is 18.7 Å². The van der Waals surface area contributed by atoms with Crippen LogP contribution in [0.3, 0.4) is 0 Å². The molecule has 1 aromatic carbocycles. The molecule has 0 saturated carbocycles. The van der Waals surface area contributed by atoms with E-state index in [1.165, 1.54) is 6.07 Å². The van der Waals surface area contributed by atoms with E-state index in [0.29, 0.717) is 23.7 Å². The molecule has 0 spiro atoms. The van der Waals surface area contributed by atoms with Gasteiger partial charge in [0.05, 0.1) is 0 Å². The average Bonchev–Trinajstić information content (AvgIpc) is 2.42. The predicted molar refractivity (Wildman–Crippen MR) is 81.0 cm³/mol. The number of urea groups is 1. The van der Waals surface area contributed by atoms with Crippen LogP contribution in [0.15, 0.2) is 18.2 Å². The maximum atomic E-state index is 13.3. The minimum absolute atomic E-state index is 0. The third-order valence-electron chi connectivity index (χ3n) is 3.38. The van der Waals surface area contributed by atoms with Crippen LogP contribution >= 0.6 is 12.4 Å². The van der Waals surface area contributed by atoms with Crippen LogP contribution in [0.5, 0.6) is 0 Å². The molecule has 112 valence electrons. The fourth-order valence-corrected chi connectivity index (χ4v) is 2.18. The lowest BCUT2D eigenvalue weighted by Gasteiger charge is -2.22. The van der Waals surface area contributed by atoms with Crippen molar-refractivity contribution in [2.24, 2.45) is 5.92 Å². The molecule has 1 aliphatic heterocycles. The number of hydrogen-bond donors (Lipinski definition) is 3. The monoisotopic (exact) mass is 301 g/mol. The highest BCUT2D eigenvalue weighted by Gasteiger charge is 2.13. The standard InChI is InChI=1S/C14H20FN3O.ClH/c1-10-4-5-12(7-13(10)15)18-14(19)17-9-11-3-2-6-16-8-11;/h4-5,7,11,16H,2-3,6,8-9H2,1H3,(H2,17,18,19);1H/t11-;/m1./s1. The molecule has 1 fully saturated rings. The van der Waals surface area contributed by atoms with Gasteiger partial charge in [-0.2, -0.15) is 0 Å². The minimum Gasteiger partial charge on any atom is -0.338 e. The Hall–Kier alpha value is -1.33. The van der Waals surface area contributed by atoms with Crippen LogP contribution in [0.4, 0.5) is 14.9 Å². The van der Waals surface area contributed by atoms with E-state index in [4.69, 9.17) is 0 Å². The molecule has 0 radical (unpaired) electrons. The van der Waals surface area contributed by atoms with Gasteiger partial charge in [0, 0.05) is 12.2 Å². The molecular formula is C14H21ClFN3O. The van der Waals surface area contributed by atoms with Gasteiger partial charge in [0.15, 0.2) is 0 Å². The fraction of sp³-hybridized carbons (Fsp3) is 0.500. The summed E-state index contributed by atoms with van der Waals surface area (Å²) < 4.78 is 13.3. The second kappa shape index (κ2) is 8.07. The van der Waals surface area contributed by atoms with Gasteiger partial charge >= 0.3 is 6.03 Å². The summed E-state index contributed by atoms with van der Waals surface area (Å²) in [6.07, 6.45) is 2.28. The van der Waals surface area contributed by atoms with Crippen molar-refractivity contribution >= 4 is 24.1 Å². The average molecular weight is 302 g/mol. The number of benzene rings is 1. The quantitative estimate of drug-likeness (QED) is 0.804. The molecule has 0 aromatic heterocycles. The maximum absolute atomic E-state index is 13.3. The number of carbonyl (C=O) groups excluding carboxylic acids is 1. The van der Waals surface area contributed by atoms with Gasteiger partial charge in [-0.25, -0.2) is 9.18 Å². The summed E-state index contributed by atoms with van der Waals surface area (Å²) >= 11 is 0. The van der Waals surface area contributed by atoms with Gasteiger partial charge < -0.3 is 16.0 Å². The number of anilines is 1. The van der Waals surface area contributed by atoms with E-state index >= 15 is 0 Å². The lowest BCUT2D eigenvalue weighted by Crippen LogP contribution is -2.39. The smallest absolute Gasteiger partial charge is 0.319 e. The van der Waals surface area contributed by atoms with Crippen LogP contribution in [0.2, 0.25) is 0 Å². The zero-order valence-electron chi connectivity index (χ0n) is 11.5. The maximum Gasteiger partial charge on any atom is 0.319 e. The third-order valence-corrected chi connectivity index (χ3v) is 3.38. The highest BCUT2D eigenvalue weighted by molar-refractivity contribution is 5.89. The van der Waals surface area contributed by atoms with Crippen molar-refractivity contribution in [1.82, 2.24) is 10.6 Å². The number of hydrogen-bond acceptors (Lipinski definition) is 2. The first-order valence-electron chi connectivity index (χ1n) is 6.67. The number of aryl methyl sites for hydroxylation is 1. The van der Waals surface area contributed by atoms with Crippen LogP contribution < -0.4 is 16.0 Å². The van der Waals surface area contributed by atoms with E-state index in [2.05, 4.69) is 16.0 Å². The highest BCUT2D eigenvalue weighted by atomic mass is 35.5. The zero-order valence-corrected chi connectivity index (χ0v) is 12.4. The first kappa shape index (κ1) is 16.7. The summed E-state index contributed by atoms with van der Waals surface area (Å²) in [7, 11) is 0. The second-order valence-corrected chi connectivity index (χ2v) is 5.01. The van der Waals surface area contributed by atoms with Crippen molar-refractivity contribution in [2.45, 2.75) is 19.8 Å². The van der Waals surface area contributed by atoms with Gasteiger partial charge in [-0.1, -0.05) is 6.07 Å². The molecule has 0 bridgehead atoms. The SMILES string of the molecule is Cc1ccc(NC(=O)NC[C@@H]2CCCNC2)cc1F.Cl. The topological polar surface area (TPSA) is 53.2 Å². The van der Waals surface area contributed by atoms with Crippen molar-refractivity contribution in [2.75, 3.05) is 25.0 Å². The zero-order chi connectivity index (χ0) is 13.7. The lowest BCUT2D eigenvalue weighted by atomic mass is 10.00. The molecule has 4 nitrogen and oxygen atoms in total. The van der Waals surface area contributed by atoms with Crippen LogP contribution in [-0.2, 0) is 0 Å². The van der Waals surface area contributed by atoms with Crippen LogP contribution in [0.1, 0.15) is 18.4 Å². The Balaban J connectivity index is 0.00000200. The molecule has 0 unspecified atom stereocenters. The van der Waals surface area contributed by atoms with Crippen molar-refractivity contribution in [1.29, 1.82) is 0 Å². The van der Waals surface area contributed by atoms with E-state index in [9.17, 15) is 9.18 Å². The Morgan fingerprint density at radius 1 is 1.50 bits per heavy atom. The number of nitrogens with one attached hydrogen (secondary N) is 3. The van der Waals surface area contributed by atoms with Gasteiger partial charge in [0.1, 0.15) is 5.82 Å². The summed E-state index contributed by atoms with van der Waals surface area (Å²) in [5.74, 6) is 0.170. The van der Waals surface area contributed by atoms with Gasteiger partial charge in [0.2, 0.25) is 0 Å². The lowest BCUT2D eigenvalue weighted by molar-refractivity contribution is 0.248. The Morgan fingerprint density at radius 2 is 2.30 bits per heavy atom. The minimum atomic E-state index is -0.311. The van der Waals surface area contributed by atoms with Crippen molar-refractivity contribution < 1.29 is 9.18 Å². The number of halogens is 2. The summed E-state index contributed by atoms with van der Waals surface area (Å²) in [6, 6.07) is 4.39. The second-order valence-electron chi connectivity index (χ2n) is 5.01. The number of piperidine rings is 1. The molecule has 2 rings (SSSR count). The normalized spacial score (nSPS) is 18.0. The van der Waals surface area contributed by atoms with Gasteiger partial charge in [0.25, 0.3) is 0 Å². The Labute approximate surface area is 124 Å². The summed E-state index contributed by atoms with van der Waals surface area (Å²) in [6.45, 7) is 4.34. The van der Waals surface area contributed by atoms with E-state index < -0.39 is 0 Å². The molecule has 2 amide bonds. The van der Waals surface area contributed by atoms with Crippen LogP contribution in [-0.4, -0.2) is 25.7 Å². The molecule has 0 aliphatic carbocycles. The van der Waals surface area contributed by atoms with E-state index in [1.807, 2.05) is 0 Å². The molecule has 1 atom stereocenters. The first-order chi connectivity index (χ1) is 9.15. The largest absolute Gasteiger partial charge is 0.338 e. The predicted octanol–water partition coefficient (Wildman–Crippen LogP) is 2.68. The Bertz CT molecular complexity index is 450. The van der Waals surface area contributed by atoms with Gasteiger partial charge in [-0.3, -0.25) is 0 Å². The van der Waals surface area contributed by atoms with Crippen molar-refractivity contribution in [3.63, 3.8) is 0 Å². The molecule has 1 heterocycles. The summed E-state index contributed by atoms with van der Waals surface area (Å²) in [5, 5.41) is 8.76. The summed E-state index contributed by atoms with van der Waals surface area (Å²) in [4.78, 5) is 11.7. The molecular weight excluding hydrogens is 281 g/mol. The third kappa shape index (κ3) is 4.98. The molecule has 20 heavy (non-hydrogen) atoms. The molecule has 1 aromatic rings. The van der Waals surface area contributed by atoms with Gasteiger partial charge in [-0.15, -0.1) is 12.4 Å². The summed E-state index contributed by atoms with van der Waals surface area (Å²) in [5.41, 5.74) is 1.04. The fourth-order valence-electron chi connectivity index (χ4n) is 2.18. The van der Waals surface area contributed by atoms with E-state index in [1.54, 1.807) is 19.1 Å². The molecule has 1 saturated heterocycles. The van der Waals surface area contributed by atoms with Crippen LogP contribution in [0.25, 0.3) is 0 Å². The van der Waals surface area contributed by atoms with Crippen molar-refractivity contribution in [3.05, 3.63) is 29.6 Å². The Morgan fingerprint density at radius 3 is 2.95 bits per heavy atom. The number of carbonyl (C=O) groups is 1. The van der Waals surface area contributed by atoms with Crippen molar-refractivity contribution in [3.8, 4) is 0 Å². The van der Waals surface area contributed by atoms with Gasteiger partial charge in [-0.05, 0) is 56.5 Å². The molecule has 3 N–H and O–H groups in total. The molecule has 6 heteroatoms. The molecule has 1 aliphatic rings. The Kier molecular flexibility index (Phi) is 6.75.